The molecule has 22 heavy (non-hydrogen) atoms. The summed E-state index contributed by atoms with van der Waals surface area (Å²) in [4.78, 5) is 11.7. The van der Waals surface area contributed by atoms with E-state index in [1.165, 1.54) is 0 Å². The maximum absolute atomic E-state index is 11.7. The van der Waals surface area contributed by atoms with Gasteiger partial charge in [-0.1, -0.05) is 30.3 Å². The first-order valence-electron chi connectivity index (χ1n) is 7.52. The molecule has 0 radical (unpaired) electrons. The summed E-state index contributed by atoms with van der Waals surface area (Å²) in [5, 5.41) is 24.6. The third kappa shape index (κ3) is 5.29. The van der Waals surface area contributed by atoms with Gasteiger partial charge in [0.25, 0.3) is 0 Å². The lowest BCUT2D eigenvalue weighted by molar-refractivity contribution is -0.00229. The van der Waals surface area contributed by atoms with Crippen molar-refractivity contribution in [3.8, 4) is 0 Å². The Labute approximate surface area is 130 Å². The number of carbonyl (C=O) groups is 1. The van der Waals surface area contributed by atoms with Crippen LogP contribution in [0.25, 0.3) is 0 Å². The molecule has 4 N–H and O–H groups in total. The summed E-state index contributed by atoms with van der Waals surface area (Å²) < 4.78 is 5.16. The average molecular weight is 308 g/mol. The molecule has 1 aromatic rings. The highest BCUT2D eigenvalue weighted by Crippen LogP contribution is 2.20. The first-order valence-corrected chi connectivity index (χ1v) is 7.52. The molecule has 6 nitrogen and oxygen atoms in total. The van der Waals surface area contributed by atoms with Gasteiger partial charge in [-0.25, -0.2) is 4.79 Å². The Hall–Kier alpha value is -1.63. The van der Waals surface area contributed by atoms with Gasteiger partial charge in [0.15, 0.2) is 0 Å². The fraction of sp³-hybridized carbons (Fsp3) is 0.562. The molecule has 1 atom stereocenters. The van der Waals surface area contributed by atoms with E-state index < -0.39 is 11.7 Å². The quantitative estimate of drug-likeness (QED) is 0.597. The van der Waals surface area contributed by atoms with Gasteiger partial charge >= 0.3 is 6.09 Å². The molecular formula is C16H24N2O4. The highest BCUT2D eigenvalue weighted by molar-refractivity contribution is 5.67. The van der Waals surface area contributed by atoms with Crippen LogP contribution in [-0.2, 0) is 11.3 Å². The van der Waals surface area contributed by atoms with Crippen molar-refractivity contribution in [2.45, 2.75) is 44.1 Å². The maximum atomic E-state index is 11.7. The smallest absolute Gasteiger partial charge is 0.407 e. The Morgan fingerprint density at radius 3 is 2.64 bits per heavy atom. The van der Waals surface area contributed by atoms with Gasteiger partial charge in [-0.2, -0.15) is 0 Å². The van der Waals surface area contributed by atoms with Crippen molar-refractivity contribution in [1.82, 2.24) is 10.6 Å². The van der Waals surface area contributed by atoms with Crippen LogP contribution in [-0.4, -0.2) is 47.1 Å². The lowest BCUT2D eigenvalue weighted by atomic mass is 9.86. The van der Waals surface area contributed by atoms with Crippen molar-refractivity contribution in [1.29, 1.82) is 0 Å². The summed E-state index contributed by atoms with van der Waals surface area (Å²) >= 11 is 0. The van der Waals surface area contributed by atoms with Gasteiger partial charge in [0, 0.05) is 18.6 Å². The highest BCUT2D eigenvalue weighted by atomic mass is 16.5. The molecule has 1 fully saturated rings. The number of hydrogen-bond acceptors (Lipinski definition) is 5. The summed E-state index contributed by atoms with van der Waals surface area (Å²) in [6.45, 7) is 1.90. The number of rotatable bonds is 7. The lowest BCUT2D eigenvalue weighted by Crippen LogP contribution is -2.55. The second-order valence-electron chi connectivity index (χ2n) is 6.11. The lowest BCUT2D eigenvalue weighted by Gasteiger charge is -2.37. The van der Waals surface area contributed by atoms with Crippen LogP contribution in [0.1, 0.15) is 25.3 Å². The van der Waals surface area contributed by atoms with Crippen LogP contribution >= 0.6 is 0 Å². The molecule has 1 aliphatic rings. The summed E-state index contributed by atoms with van der Waals surface area (Å²) in [6, 6.07) is 9.88. The molecule has 0 spiro atoms. The number of aliphatic hydroxyl groups is 2. The Bertz CT molecular complexity index is 472. The standard InChI is InChI=1S/C16H24N2O4/c1-16(21,11-19)10-17-13-7-14(8-13)18-15(20)22-9-12-5-3-2-4-6-12/h2-6,13-14,17,19,21H,7-11H2,1H3,(H,18,20). The van der Waals surface area contributed by atoms with E-state index >= 15 is 0 Å². The molecule has 1 aliphatic carbocycles. The van der Waals surface area contributed by atoms with E-state index in [4.69, 9.17) is 9.84 Å². The van der Waals surface area contributed by atoms with Crippen LogP contribution in [0, 0.1) is 0 Å². The van der Waals surface area contributed by atoms with Crippen LogP contribution in [0.15, 0.2) is 30.3 Å². The van der Waals surface area contributed by atoms with E-state index in [1.54, 1.807) is 6.92 Å². The molecule has 6 heteroatoms. The molecule has 0 heterocycles. The summed E-state index contributed by atoms with van der Waals surface area (Å²) in [6.07, 6.45) is 1.18. The molecule has 0 aliphatic heterocycles. The first kappa shape index (κ1) is 16.7. The zero-order valence-electron chi connectivity index (χ0n) is 12.8. The van der Waals surface area contributed by atoms with Crippen molar-refractivity contribution in [2.24, 2.45) is 0 Å². The first-order chi connectivity index (χ1) is 10.5. The Kier molecular flexibility index (Phi) is 5.76. The third-order valence-electron chi connectivity index (χ3n) is 3.78. The van der Waals surface area contributed by atoms with Crippen molar-refractivity contribution < 1.29 is 19.7 Å². The minimum atomic E-state index is -1.10. The van der Waals surface area contributed by atoms with E-state index in [1.807, 2.05) is 30.3 Å². The van der Waals surface area contributed by atoms with Gasteiger partial charge in [0.2, 0.25) is 0 Å². The molecule has 122 valence electrons. The van der Waals surface area contributed by atoms with Crippen molar-refractivity contribution in [2.75, 3.05) is 13.2 Å². The number of aliphatic hydroxyl groups excluding tert-OH is 1. The van der Waals surface area contributed by atoms with Gasteiger partial charge in [-0.3, -0.25) is 0 Å². The van der Waals surface area contributed by atoms with E-state index in [0.29, 0.717) is 6.54 Å². The number of alkyl carbamates (subject to hydrolysis) is 1. The van der Waals surface area contributed by atoms with Crippen LogP contribution in [0.2, 0.25) is 0 Å². The molecular weight excluding hydrogens is 284 g/mol. The normalized spacial score (nSPS) is 23.2. The number of carbonyl (C=O) groups excluding carboxylic acids is 1. The molecule has 0 aromatic heterocycles. The van der Waals surface area contributed by atoms with Crippen LogP contribution in [0.4, 0.5) is 4.79 Å². The summed E-state index contributed by atoms with van der Waals surface area (Å²) in [7, 11) is 0. The molecule has 1 saturated carbocycles. The minimum absolute atomic E-state index is 0.0971. The van der Waals surface area contributed by atoms with Gasteiger partial charge in [-0.05, 0) is 25.3 Å². The van der Waals surface area contributed by atoms with Gasteiger partial charge in [-0.15, -0.1) is 0 Å². The molecule has 0 bridgehead atoms. The van der Waals surface area contributed by atoms with Crippen molar-refractivity contribution >= 4 is 6.09 Å². The van der Waals surface area contributed by atoms with Crippen molar-refractivity contribution in [3.63, 3.8) is 0 Å². The monoisotopic (exact) mass is 308 g/mol. The molecule has 1 amide bonds. The predicted octanol–water partition coefficient (Wildman–Crippen LogP) is 0.777. The second kappa shape index (κ2) is 7.58. The minimum Gasteiger partial charge on any atom is -0.445 e. The Morgan fingerprint density at radius 1 is 1.32 bits per heavy atom. The Morgan fingerprint density at radius 2 is 2.00 bits per heavy atom. The second-order valence-corrected chi connectivity index (χ2v) is 6.11. The number of amides is 1. The summed E-state index contributed by atoms with van der Waals surface area (Å²) in [5.74, 6) is 0. The number of nitrogens with one attached hydrogen (secondary N) is 2. The SMILES string of the molecule is CC(O)(CO)CNC1CC(NC(=O)OCc2ccccc2)C1. The number of ether oxygens (including phenoxy) is 1. The van der Waals surface area contributed by atoms with E-state index in [-0.39, 0.29) is 25.3 Å². The average Bonchev–Trinajstić information content (AvgIpc) is 2.48. The zero-order chi connectivity index (χ0) is 16.0. The van der Waals surface area contributed by atoms with Crippen molar-refractivity contribution in [3.05, 3.63) is 35.9 Å². The topological polar surface area (TPSA) is 90.8 Å². The predicted molar refractivity (Wildman–Crippen MR) is 82.3 cm³/mol. The number of hydrogen-bond donors (Lipinski definition) is 4. The van der Waals surface area contributed by atoms with Crippen LogP contribution in [0.5, 0.6) is 0 Å². The zero-order valence-corrected chi connectivity index (χ0v) is 12.8. The molecule has 1 aromatic carbocycles. The molecule has 1 unspecified atom stereocenters. The van der Waals surface area contributed by atoms with Gasteiger partial charge in [0.1, 0.15) is 6.61 Å². The largest absolute Gasteiger partial charge is 0.445 e. The van der Waals surface area contributed by atoms with Gasteiger partial charge in [0.05, 0.1) is 12.2 Å². The fourth-order valence-corrected chi connectivity index (χ4v) is 2.25. The van der Waals surface area contributed by atoms with E-state index in [2.05, 4.69) is 10.6 Å². The van der Waals surface area contributed by atoms with E-state index in [9.17, 15) is 9.90 Å². The summed E-state index contributed by atoms with van der Waals surface area (Å²) in [5.41, 5.74) is -0.148. The molecule has 0 saturated heterocycles. The number of benzene rings is 1. The molecule has 2 rings (SSSR count). The van der Waals surface area contributed by atoms with Crippen LogP contribution in [0.3, 0.4) is 0 Å². The third-order valence-corrected chi connectivity index (χ3v) is 3.78. The van der Waals surface area contributed by atoms with E-state index in [0.717, 1.165) is 18.4 Å². The van der Waals surface area contributed by atoms with Gasteiger partial charge < -0.3 is 25.6 Å². The fourth-order valence-electron chi connectivity index (χ4n) is 2.25. The van der Waals surface area contributed by atoms with Crippen LogP contribution < -0.4 is 10.6 Å². The highest BCUT2D eigenvalue weighted by Gasteiger charge is 2.32. The Balaban J connectivity index is 1.58. The maximum Gasteiger partial charge on any atom is 0.407 e.